The molecule has 2 amide bonds. The number of rotatable bonds is 3. The fraction of sp³-hybridized carbons (Fsp3) is 0.0667. The predicted octanol–water partition coefficient (Wildman–Crippen LogP) is 1.71. The topological polar surface area (TPSA) is 97.4 Å². The lowest BCUT2D eigenvalue weighted by molar-refractivity contribution is 0.0593. The fourth-order valence-corrected chi connectivity index (χ4v) is 1.89. The Labute approximate surface area is 140 Å². The van der Waals surface area contributed by atoms with Crippen LogP contribution in [0.25, 0.3) is 0 Å². The monoisotopic (exact) mass is 377 g/mol. The maximum absolute atomic E-state index is 11.9. The highest BCUT2D eigenvalue weighted by Crippen LogP contribution is 2.10. The molecule has 8 heteroatoms. The van der Waals surface area contributed by atoms with Crippen LogP contribution in [0.15, 0.2) is 46.9 Å². The van der Waals surface area contributed by atoms with Gasteiger partial charge in [-0.25, -0.2) is 9.78 Å². The van der Waals surface area contributed by atoms with Crippen molar-refractivity contribution in [2.75, 3.05) is 7.11 Å². The summed E-state index contributed by atoms with van der Waals surface area (Å²) in [7, 11) is 1.22. The number of ether oxygens (including phenoxy) is 1. The SMILES string of the molecule is COC(=O)c1cccc(C(=O)NNC(=O)c2ccc(Br)cc2)n1. The van der Waals surface area contributed by atoms with Crippen LogP contribution in [0.5, 0.6) is 0 Å². The Morgan fingerprint density at radius 1 is 0.957 bits per heavy atom. The van der Waals surface area contributed by atoms with Gasteiger partial charge in [0.25, 0.3) is 11.8 Å². The molecule has 1 heterocycles. The number of hydrogen-bond acceptors (Lipinski definition) is 5. The summed E-state index contributed by atoms with van der Waals surface area (Å²) < 4.78 is 5.37. The van der Waals surface area contributed by atoms with E-state index in [1.807, 2.05) is 0 Å². The lowest BCUT2D eigenvalue weighted by atomic mass is 10.2. The first-order chi connectivity index (χ1) is 11.0. The van der Waals surface area contributed by atoms with E-state index in [2.05, 4.69) is 36.5 Å². The standard InChI is InChI=1S/C15H12BrN3O4/c1-23-15(22)12-4-2-3-11(17-12)14(21)19-18-13(20)9-5-7-10(16)8-6-9/h2-8H,1H3,(H,18,20)(H,19,21). The summed E-state index contributed by atoms with van der Waals surface area (Å²) in [5.74, 6) is -1.78. The zero-order valence-electron chi connectivity index (χ0n) is 12.0. The number of amides is 2. The maximum Gasteiger partial charge on any atom is 0.356 e. The van der Waals surface area contributed by atoms with Crippen molar-refractivity contribution in [2.24, 2.45) is 0 Å². The van der Waals surface area contributed by atoms with Gasteiger partial charge in [0, 0.05) is 10.0 Å². The summed E-state index contributed by atoms with van der Waals surface area (Å²) in [5.41, 5.74) is 4.86. The number of nitrogens with one attached hydrogen (secondary N) is 2. The molecule has 0 fully saturated rings. The normalized spacial score (nSPS) is 9.83. The van der Waals surface area contributed by atoms with Crippen LogP contribution in [0.2, 0.25) is 0 Å². The first-order valence-corrected chi connectivity index (χ1v) is 7.22. The molecule has 0 saturated heterocycles. The summed E-state index contributed by atoms with van der Waals surface area (Å²) >= 11 is 3.26. The van der Waals surface area contributed by atoms with Gasteiger partial charge in [-0.3, -0.25) is 20.4 Å². The minimum atomic E-state index is -0.654. The minimum Gasteiger partial charge on any atom is -0.464 e. The number of nitrogens with zero attached hydrogens (tertiary/aromatic N) is 1. The van der Waals surface area contributed by atoms with Crippen LogP contribution in [0.3, 0.4) is 0 Å². The summed E-state index contributed by atoms with van der Waals surface area (Å²) in [6.45, 7) is 0. The van der Waals surface area contributed by atoms with Crippen molar-refractivity contribution in [3.63, 3.8) is 0 Å². The van der Waals surface area contributed by atoms with Crippen LogP contribution in [0.4, 0.5) is 0 Å². The van der Waals surface area contributed by atoms with E-state index in [1.165, 1.54) is 25.3 Å². The van der Waals surface area contributed by atoms with E-state index in [9.17, 15) is 14.4 Å². The molecule has 0 unspecified atom stereocenters. The van der Waals surface area contributed by atoms with Crippen molar-refractivity contribution < 1.29 is 19.1 Å². The number of carbonyl (C=O) groups excluding carboxylic acids is 3. The van der Waals surface area contributed by atoms with Crippen molar-refractivity contribution in [3.8, 4) is 0 Å². The molecule has 2 aromatic rings. The molecule has 0 saturated carbocycles. The molecule has 0 aliphatic rings. The van der Waals surface area contributed by atoms with Crippen molar-refractivity contribution >= 4 is 33.7 Å². The second kappa shape index (κ2) is 7.50. The number of hydrazine groups is 1. The first kappa shape index (κ1) is 16.6. The number of carbonyl (C=O) groups is 3. The van der Waals surface area contributed by atoms with Crippen molar-refractivity contribution in [1.29, 1.82) is 0 Å². The Balaban J connectivity index is 2.00. The van der Waals surface area contributed by atoms with Gasteiger partial charge in [0.15, 0.2) is 0 Å². The number of esters is 1. The molecule has 0 aliphatic carbocycles. The van der Waals surface area contributed by atoms with Gasteiger partial charge in [-0.15, -0.1) is 0 Å². The molecule has 1 aromatic carbocycles. The van der Waals surface area contributed by atoms with Gasteiger partial charge < -0.3 is 4.74 Å². The predicted molar refractivity (Wildman–Crippen MR) is 84.7 cm³/mol. The molecule has 0 bridgehead atoms. The molecule has 2 rings (SSSR count). The third-order valence-electron chi connectivity index (χ3n) is 2.77. The number of benzene rings is 1. The number of methoxy groups -OCH3 is 1. The molecular weight excluding hydrogens is 366 g/mol. The smallest absolute Gasteiger partial charge is 0.356 e. The second-order valence-corrected chi connectivity index (χ2v) is 5.23. The highest BCUT2D eigenvalue weighted by atomic mass is 79.9. The largest absolute Gasteiger partial charge is 0.464 e. The Bertz CT molecular complexity index is 747. The molecule has 23 heavy (non-hydrogen) atoms. The molecule has 2 N–H and O–H groups in total. The number of halogens is 1. The summed E-state index contributed by atoms with van der Waals surface area (Å²) in [5, 5.41) is 0. The van der Waals surface area contributed by atoms with Gasteiger partial charge in [-0.1, -0.05) is 22.0 Å². The van der Waals surface area contributed by atoms with Gasteiger partial charge in [-0.05, 0) is 36.4 Å². The molecule has 0 aliphatic heterocycles. The Morgan fingerprint density at radius 2 is 1.57 bits per heavy atom. The van der Waals surface area contributed by atoms with E-state index in [0.717, 1.165) is 4.47 Å². The van der Waals surface area contributed by atoms with E-state index in [1.54, 1.807) is 24.3 Å². The first-order valence-electron chi connectivity index (χ1n) is 6.43. The summed E-state index contributed by atoms with van der Waals surface area (Å²) in [6.07, 6.45) is 0. The zero-order chi connectivity index (χ0) is 16.8. The van der Waals surface area contributed by atoms with Crippen molar-refractivity contribution in [3.05, 3.63) is 63.9 Å². The van der Waals surface area contributed by atoms with Gasteiger partial charge in [0.05, 0.1) is 7.11 Å². The second-order valence-electron chi connectivity index (χ2n) is 4.31. The Kier molecular flexibility index (Phi) is 5.42. The lowest BCUT2D eigenvalue weighted by Crippen LogP contribution is -2.42. The average molecular weight is 378 g/mol. The van der Waals surface area contributed by atoms with Crippen molar-refractivity contribution in [2.45, 2.75) is 0 Å². The molecule has 0 spiro atoms. The van der Waals surface area contributed by atoms with Gasteiger partial charge in [0.2, 0.25) is 0 Å². The quantitative estimate of drug-likeness (QED) is 0.626. The molecule has 0 atom stereocenters. The fourth-order valence-electron chi connectivity index (χ4n) is 1.63. The highest BCUT2D eigenvalue weighted by molar-refractivity contribution is 9.10. The molecule has 118 valence electrons. The van der Waals surface area contributed by atoms with Crippen LogP contribution < -0.4 is 10.9 Å². The van der Waals surface area contributed by atoms with Crippen LogP contribution in [0.1, 0.15) is 31.3 Å². The van der Waals surface area contributed by atoms with Crippen LogP contribution >= 0.6 is 15.9 Å². The highest BCUT2D eigenvalue weighted by Gasteiger charge is 2.13. The van der Waals surface area contributed by atoms with Crippen LogP contribution in [-0.2, 0) is 4.74 Å². The van der Waals surface area contributed by atoms with Gasteiger partial charge >= 0.3 is 5.97 Å². The molecule has 0 radical (unpaired) electrons. The van der Waals surface area contributed by atoms with E-state index in [-0.39, 0.29) is 11.4 Å². The molecule has 7 nitrogen and oxygen atoms in total. The number of aromatic nitrogens is 1. The van der Waals surface area contributed by atoms with E-state index in [4.69, 9.17) is 0 Å². The van der Waals surface area contributed by atoms with Gasteiger partial charge in [-0.2, -0.15) is 0 Å². The van der Waals surface area contributed by atoms with Crippen LogP contribution in [0, 0.1) is 0 Å². The number of pyridine rings is 1. The zero-order valence-corrected chi connectivity index (χ0v) is 13.6. The summed E-state index contributed by atoms with van der Waals surface area (Å²) in [4.78, 5) is 39.1. The minimum absolute atomic E-state index is 0.000568. The summed E-state index contributed by atoms with van der Waals surface area (Å²) in [6, 6.07) is 10.9. The van der Waals surface area contributed by atoms with E-state index in [0.29, 0.717) is 5.56 Å². The van der Waals surface area contributed by atoms with Crippen LogP contribution in [-0.4, -0.2) is 29.9 Å². The van der Waals surface area contributed by atoms with E-state index < -0.39 is 17.8 Å². The van der Waals surface area contributed by atoms with Crippen molar-refractivity contribution in [1.82, 2.24) is 15.8 Å². The average Bonchev–Trinajstić information content (AvgIpc) is 2.59. The lowest BCUT2D eigenvalue weighted by Gasteiger charge is -2.07. The number of hydrogen-bond donors (Lipinski definition) is 2. The molecule has 1 aromatic heterocycles. The third-order valence-corrected chi connectivity index (χ3v) is 3.30. The van der Waals surface area contributed by atoms with Gasteiger partial charge in [0.1, 0.15) is 11.4 Å². The maximum atomic E-state index is 11.9. The molecular formula is C15H12BrN3O4. The Hall–Kier alpha value is -2.74. The Morgan fingerprint density at radius 3 is 2.22 bits per heavy atom. The third kappa shape index (κ3) is 4.36. The van der Waals surface area contributed by atoms with E-state index >= 15 is 0 Å².